The van der Waals surface area contributed by atoms with Gasteiger partial charge in [-0.2, -0.15) is 5.10 Å². The van der Waals surface area contributed by atoms with Crippen LogP contribution in [0, 0.1) is 0 Å². The largest absolute Gasteiger partial charge is 0.543 e. The second-order valence-electron chi connectivity index (χ2n) is 5.14. The molecule has 1 amide bonds. The first-order chi connectivity index (χ1) is 11.1. The summed E-state index contributed by atoms with van der Waals surface area (Å²) in [5.74, 6) is -1.80. The average Bonchev–Trinajstić information content (AvgIpc) is 2.58. The molecule has 0 radical (unpaired) electrons. The molecule has 8 heteroatoms. The Balaban J connectivity index is 2.00. The highest BCUT2D eigenvalue weighted by molar-refractivity contribution is 6.00. The van der Waals surface area contributed by atoms with Crippen LogP contribution in [0.5, 0.6) is 0 Å². The lowest BCUT2D eigenvalue weighted by Gasteiger charge is -2.27. The van der Waals surface area contributed by atoms with Crippen LogP contribution in [0.2, 0.25) is 0 Å². The first-order valence-electron chi connectivity index (χ1n) is 7.14. The first kappa shape index (κ1) is 15.2. The van der Waals surface area contributed by atoms with Gasteiger partial charge >= 0.3 is 0 Å². The summed E-state index contributed by atoms with van der Waals surface area (Å²) in [6.45, 7) is 1.44. The molecule has 1 aliphatic heterocycles. The maximum atomic E-state index is 12.4. The number of morpholine rings is 1. The molecule has 1 saturated heterocycles. The van der Waals surface area contributed by atoms with Gasteiger partial charge in [-0.25, -0.2) is 4.68 Å². The summed E-state index contributed by atoms with van der Waals surface area (Å²) in [5.41, 5.74) is -0.859. The molecule has 2 heterocycles. The van der Waals surface area contributed by atoms with Crippen LogP contribution in [0.3, 0.4) is 0 Å². The number of fused-ring (bicyclic) bond motifs is 1. The summed E-state index contributed by atoms with van der Waals surface area (Å²) in [5, 5.41) is 15.5. The molecule has 0 aliphatic carbocycles. The molecule has 0 atom stereocenters. The quantitative estimate of drug-likeness (QED) is 0.691. The lowest BCUT2D eigenvalue weighted by atomic mass is 10.1. The number of carbonyl (C=O) groups is 2. The lowest BCUT2D eigenvalue weighted by Crippen LogP contribution is -2.44. The van der Waals surface area contributed by atoms with Crippen molar-refractivity contribution in [2.24, 2.45) is 0 Å². The van der Waals surface area contributed by atoms with Crippen molar-refractivity contribution in [3.8, 4) is 0 Å². The van der Waals surface area contributed by atoms with E-state index in [4.69, 9.17) is 4.74 Å². The first-order valence-corrected chi connectivity index (χ1v) is 7.14. The van der Waals surface area contributed by atoms with E-state index in [1.807, 2.05) is 0 Å². The number of carboxylic acids is 1. The second-order valence-corrected chi connectivity index (χ2v) is 5.14. The summed E-state index contributed by atoms with van der Waals surface area (Å²) in [4.78, 5) is 37.5. The van der Waals surface area contributed by atoms with Crippen LogP contribution in [0.1, 0.15) is 10.5 Å². The van der Waals surface area contributed by atoms with E-state index < -0.39 is 11.5 Å². The van der Waals surface area contributed by atoms with Gasteiger partial charge in [-0.3, -0.25) is 9.59 Å². The number of hydrogen-bond donors (Lipinski definition) is 0. The number of aromatic nitrogens is 2. The molecule has 23 heavy (non-hydrogen) atoms. The van der Waals surface area contributed by atoms with Gasteiger partial charge in [0.15, 0.2) is 0 Å². The number of amides is 1. The summed E-state index contributed by atoms with van der Waals surface area (Å²) in [6.07, 6.45) is 0. The van der Waals surface area contributed by atoms with Crippen molar-refractivity contribution in [3.63, 3.8) is 0 Å². The third kappa shape index (κ3) is 2.93. The zero-order chi connectivity index (χ0) is 16.4. The van der Waals surface area contributed by atoms with Crippen molar-refractivity contribution >= 4 is 22.6 Å². The van der Waals surface area contributed by atoms with Gasteiger partial charge in [-0.15, -0.1) is 0 Å². The number of benzene rings is 1. The number of rotatable bonds is 3. The standard InChI is InChI=1S/C15H15N3O5/c19-12(17-5-7-23-8-6-17)9-18-14(20)11-4-2-1-3-10(11)13(16-18)15(21)22/h1-4H,5-9H2,(H,21,22)/p-1. The lowest BCUT2D eigenvalue weighted by molar-refractivity contribution is -0.255. The highest BCUT2D eigenvalue weighted by Crippen LogP contribution is 2.12. The topological polar surface area (TPSA) is 105 Å². The minimum absolute atomic E-state index is 0.191. The number of nitrogens with zero attached hydrogens (tertiary/aromatic N) is 3. The third-order valence-corrected chi connectivity index (χ3v) is 3.71. The van der Waals surface area contributed by atoms with Gasteiger partial charge in [0.1, 0.15) is 12.2 Å². The van der Waals surface area contributed by atoms with Gasteiger partial charge in [0.25, 0.3) is 5.56 Å². The molecule has 0 spiro atoms. The molecule has 0 N–H and O–H groups in total. The summed E-state index contributed by atoms with van der Waals surface area (Å²) in [6, 6.07) is 6.22. The van der Waals surface area contributed by atoms with E-state index in [0.717, 1.165) is 4.68 Å². The Kier molecular flexibility index (Phi) is 4.07. The summed E-state index contributed by atoms with van der Waals surface area (Å²) < 4.78 is 6.05. The Bertz CT molecular complexity index is 823. The van der Waals surface area contributed by atoms with Crippen LogP contribution in [0.25, 0.3) is 10.8 Å². The number of aromatic carboxylic acids is 1. The highest BCUT2D eigenvalue weighted by Gasteiger charge is 2.19. The van der Waals surface area contributed by atoms with Crippen molar-refractivity contribution in [2.75, 3.05) is 26.3 Å². The zero-order valence-electron chi connectivity index (χ0n) is 12.2. The fourth-order valence-corrected chi connectivity index (χ4v) is 2.53. The van der Waals surface area contributed by atoms with Gasteiger partial charge in [0, 0.05) is 18.5 Å². The van der Waals surface area contributed by atoms with Gasteiger partial charge < -0.3 is 19.5 Å². The van der Waals surface area contributed by atoms with Crippen LogP contribution >= 0.6 is 0 Å². The van der Waals surface area contributed by atoms with E-state index in [2.05, 4.69) is 5.10 Å². The molecule has 0 unspecified atom stereocenters. The number of hydrogen-bond acceptors (Lipinski definition) is 6. The van der Waals surface area contributed by atoms with Crippen molar-refractivity contribution in [1.29, 1.82) is 0 Å². The predicted octanol–water partition coefficient (Wildman–Crippen LogP) is -1.38. The van der Waals surface area contributed by atoms with Crippen molar-refractivity contribution in [3.05, 3.63) is 40.3 Å². The summed E-state index contributed by atoms with van der Waals surface area (Å²) >= 11 is 0. The normalized spacial score (nSPS) is 14.9. The number of carbonyl (C=O) groups excluding carboxylic acids is 2. The molecule has 1 aliphatic rings. The molecule has 1 aromatic carbocycles. The molecule has 2 aromatic rings. The molecule has 120 valence electrons. The van der Waals surface area contributed by atoms with Gasteiger partial charge in [-0.05, 0) is 6.07 Å². The van der Waals surface area contributed by atoms with E-state index in [9.17, 15) is 19.5 Å². The Morgan fingerprint density at radius 3 is 2.48 bits per heavy atom. The second kappa shape index (κ2) is 6.17. The van der Waals surface area contributed by atoms with E-state index in [-0.39, 0.29) is 28.9 Å². The van der Waals surface area contributed by atoms with Crippen LogP contribution in [-0.4, -0.2) is 52.9 Å². The Hall–Kier alpha value is -2.74. The molecule has 1 fully saturated rings. The Morgan fingerprint density at radius 1 is 1.17 bits per heavy atom. The molecule has 0 bridgehead atoms. The smallest absolute Gasteiger partial charge is 0.275 e. The zero-order valence-corrected chi connectivity index (χ0v) is 12.2. The SMILES string of the molecule is O=C([O-])c1nn(CC(=O)N2CCOCC2)c(=O)c2ccccc12. The van der Waals surface area contributed by atoms with Gasteiger partial charge in [-0.1, -0.05) is 18.2 Å². The Morgan fingerprint density at radius 2 is 1.83 bits per heavy atom. The maximum absolute atomic E-state index is 12.4. The fourth-order valence-electron chi connectivity index (χ4n) is 2.53. The van der Waals surface area contributed by atoms with E-state index >= 15 is 0 Å². The van der Waals surface area contributed by atoms with Crippen molar-refractivity contribution in [2.45, 2.75) is 6.54 Å². The van der Waals surface area contributed by atoms with Crippen molar-refractivity contribution < 1.29 is 19.4 Å². The average molecular weight is 316 g/mol. The molecule has 8 nitrogen and oxygen atoms in total. The predicted molar refractivity (Wildman–Crippen MR) is 77.7 cm³/mol. The fraction of sp³-hybridized carbons (Fsp3) is 0.333. The number of carboxylic acid groups (broad SMARTS) is 1. The molecular formula is C15H14N3O5-. The van der Waals surface area contributed by atoms with Crippen LogP contribution in [-0.2, 0) is 16.1 Å². The van der Waals surface area contributed by atoms with Crippen molar-refractivity contribution in [1.82, 2.24) is 14.7 Å². The van der Waals surface area contributed by atoms with E-state index in [0.29, 0.717) is 26.3 Å². The third-order valence-electron chi connectivity index (χ3n) is 3.71. The van der Waals surface area contributed by atoms with Gasteiger partial charge in [0.2, 0.25) is 5.91 Å². The minimum atomic E-state index is -1.49. The maximum Gasteiger partial charge on any atom is 0.275 e. The number of ether oxygens (including phenoxy) is 1. The minimum Gasteiger partial charge on any atom is -0.543 e. The van der Waals surface area contributed by atoms with Crippen LogP contribution < -0.4 is 10.7 Å². The van der Waals surface area contributed by atoms with Crippen LogP contribution in [0.4, 0.5) is 0 Å². The highest BCUT2D eigenvalue weighted by atomic mass is 16.5. The van der Waals surface area contributed by atoms with E-state index in [1.54, 1.807) is 17.0 Å². The summed E-state index contributed by atoms with van der Waals surface area (Å²) in [7, 11) is 0. The molecule has 1 aromatic heterocycles. The molecule has 0 saturated carbocycles. The van der Waals surface area contributed by atoms with E-state index in [1.165, 1.54) is 12.1 Å². The molecular weight excluding hydrogens is 302 g/mol. The van der Waals surface area contributed by atoms with Gasteiger partial charge in [0.05, 0.1) is 24.6 Å². The molecule has 3 rings (SSSR count). The van der Waals surface area contributed by atoms with Crippen LogP contribution in [0.15, 0.2) is 29.1 Å². The monoisotopic (exact) mass is 316 g/mol. The Labute approximate surface area is 130 Å².